The average molecular weight is 353 g/mol. The minimum absolute atomic E-state index is 0.0317. The lowest BCUT2D eigenvalue weighted by atomic mass is 9.97. The van der Waals surface area contributed by atoms with Crippen LogP contribution in [-0.2, 0) is 4.79 Å². The number of methoxy groups -OCH3 is 1. The molecule has 0 aliphatic carbocycles. The number of hydrogen-bond donors (Lipinski definition) is 0. The molecular formula is C20H23N3O3. The van der Waals surface area contributed by atoms with Crippen molar-refractivity contribution in [3.63, 3.8) is 0 Å². The zero-order valence-electron chi connectivity index (χ0n) is 15.5. The number of benzene rings is 1. The minimum Gasteiger partial charge on any atom is -0.497 e. The van der Waals surface area contributed by atoms with Gasteiger partial charge in [-0.2, -0.15) is 0 Å². The van der Waals surface area contributed by atoms with Crippen LogP contribution in [0.1, 0.15) is 30.0 Å². The van der Waals surface area contributed by atoms with Gasteiger partial charge in [-0.1, -0.05) is 6.07 Å². The van der Waals surface area contributed by atoms with E-state index in [0.717, 1.165) is 17.1 Å². The second-order valence-electron chi connectivity index (χ2n) is 7.07. The fourth-order valence-corrected chi connectivity index (χ4v) is 3.36. The standard InChI is InChI=1S/C20H23N3O3/c1-14-6-5-7-17(21-14)19(25)22-12-18(24)23(20(2,3)13-22)15-8-10-16(26-4)11-9-15/h5-11H,12-13H2,1-4H3. The Bertz CT molecular complexity index is 830. The van der Waals surface area contributed by atoms with Gasteiger partial charge in [0.1, 0.15) is 18.0 Å². The van der Waals surface area contributed by atoms with Crippen LogP contribution in [0.3, 0.4) is 0 Å². The molecule has 6 heteroatoms. The van der Waals surface area contributed by atoms with Gasteiger partial charge in [-0.3, -0.25) is 9.59 Å². The van der Waals surface area contributed by atoms with Crippen LogP contribution in [0.4, 0.5) is 5.69 Å². The van der Waals surface area contributed by atoms with Crippen molar-refractivity contribution in [1.29, 1.82) is 0 Å². The summed E-state index contributed by atoms with van der Waals surface area (Å²) in [5.74, 6) is 0.398. The third-order valence-corrected chi connectivity index (χ3v) is 4.48. The molecule has 0 spiro atoms. The molecular weight excluding hydrogens is 330 g/mol. The summed E-state index contributed by atoms with van der Waals surface area (Å²) in [5.41, 5.74) is 1.40. The number of rotatable bonds is 3. The maximum atomic E-state index is 12.9. The monoisotopic (exact) mass is 353 g/mol. The van der Waals surface area contributed by atoms with Crippen LogP contribution in [0, 0.1) is 6.92 Å². The molecule has 0 radical (unpaired) electrons. The first-order valence-electron chi connectivity index (χ1n) is 8.52. The van der Waals surface area contributed by atoms with Crippen LogP contribution in [-0.4, -0.2) is 47.4 Å². The molecule has 136 valence electrons. The fourth-order valence-electron chi connectivity index (χ4n) is 3.36. The van der Waals surface area contributed by atoms with Gasteiger partial charge in [-0.05, 0) is 57.2 Å². The molecule has 1 saturated heterocycles. The highest BCUT2D eigenvalue weighted by Crippen LogP contribution is 2.30. The average Bonchev–Trinajstić information content (AvgIpc) is 2.60. The molecule has 0 bridgehead atoms. The number of nitrogens with zero attached hydrogens (tertiary/aromatic N) is 3. The summed E-state index contributed by atoms with van der Waals surface area (Å²) in [4.78, 5) is 33.3. The number of amides is 2. The van der Waals surface area contributed by atoms with Gasteiger partial charge in [0.25, 0.3) is 5.91 Å². The highest BCUT2D eigenvalue weighted by molar-refractivity contribution is 6.02. The number of ether oxygens (including phenoxy) is 1. The zero-order chi connectivity index (χ0) is 18.9. The molecule has 1 aromatic carbocycles. The molecule has 0 saturated carbocycles. The third-order valence-electron chi connectivity index (χ3n) is 4.48. The van der Waals surface area contributed by atoms with Crippen molar-refractivity contribution in [2.45, 2.75) is 26.3 Å². The van der Waals surface area contributed by atoms with E-state index in [1.165, 1.54) is 0 Å². The van der Waals surface area contributed by atoms with E-state index in [2.05, 4.69) is 4.98 Å². The van der Waals surface area contributed by atoms with Gasteiger partial charge in [0.05, 0.1) is 12.6 Å². The number of pyridine rings is 1. The summed E-state index contributed by atoms with van der Waals surface area (Å²) < 4.78 is 5.18. The summed E-state index contributed by atoms with van der Waals surface area (Å²) in [5, 5.41) is 0. The van der Waals surface area contributed by atoms with Gasteiger partial charge in [-0.15, -0.1) is 0 Å². The van der Waals surface area contributed by atoms with Crippen molar-refractivity contribution in [3.05, 3.63) is 53.9 Å². The molecule has 0 atom stereocenters. The molecule has 1 fully saturated rings. The molecule has 1 aliphatic rings. The van der Waals surface area contributed by atoms with Crippen molar-refractivity contribution in [2.24, 2.45) is 0 Å². The normalized spacial score (nSPS) is 16.5. The van der Waals surface area contributed by atoms with E-state index in [4.69, 9.17) is 4.74 Å². The van der Waals surface area contributed by atoms with Crippen molar-refractivity contribution >= 4 is 17.5 Å². The van der Waals surface area contributed by atoms with E-state index < -0.39 is 5.54 Å². The molecule has 2 amide bonds. The lowest BCUT2D eigenvalue weighted by molar-refractivity contribution is -0.122. The largest absolute Gasteiger partial charge is 0.497 e. The van der Waals surface area contributed by atoms with E-state index in [-0.39, 0.29) is 18.4 Å². The maximum absolute atomic E-state index is 12.9. The summed E-state index contributed by atoms with van der Waals surface area (Å²) in [7, 11) is 1.60. The molecule has 2 heterocycles. The Kier molecular flexibility index (Phi) is 4.68. The number of aryl methyl sites for hydroxylation is 1. The third kappa shape index (κ3) is 3.40. The van der Waals surface area contributed by atoms with Crippen LogP contribution < -0.4 is 9.64 Å². The van der Waals surface area contributed by atoms with Crippen LogP contribution >= 0.6 is 0 Å². The SMILES string of the molecule is COc1ccc(N2C(=O)CN(C(=O)c3cccc(C)n3)CC2(C)C)cc1. The predicted molar refractivity (Wildman–Crippen MR) is 99.4 cm³/mol. The van der Waals surface area contributed by atoms with Gasteiger partial charge in [0.15, 0.2) is 0 Å². The zero-order valence-corrected chi connectivity index (χ0v) is 15.5. The van der Waals surface area contributed by atoms with Crippen molar-refractivity contribution < 1.29 is 14.3 Å². The molecule has 1 aliphatic heterocycles. The Morgan fingerprint density at radius 1 is 1.15 bits per heavy atom. The Morgan fingerprint density at radius 3 is 2.42 bits per heavy atom. The Balaban J connectivity index is 1.84. The van der Waals surface area contributed by atoms with E-state index >= 15 is 0 Å². The van der Waals surface area contributed by atoms with E-state index in [0.29, 0.717) is 12.2 Å². The summed E-state index contributed by atoms with van der Waals surface area (Å²) in [6, 6.07) is 12.7. The molecule has 3 rings (SSSR count). The Hall–Kier alpha value is -2.89. The van der Waals surface area contributed by atoms with Gasteiger partial charge in [-0.25, -0.2) is 4.98 Å². The lowest BCUT2D eigenvalue weighted by Gasteiger charge is -2.46. The predicted octanol–water partition coefficient (Wildman–Crippen LogP) is 2.67. The van der Waals surface area contributed by atoms with E-state index in [9.17, 15) is 9.59 Å². The lowest BCUT2D eigenvalue weighted by Crippen LogP contribution is -2.63. The number of piperazine rings is 1. The van der Waals surface area contributed by atoms with Crippen LogP contribution in [0.2, 0.25) is 0 Å². The first-order valence-corrected chi connectivity index (χ1v) is 8.52. The maximum Gasteiger partial charge on any atom is 0.273 e. The number of carbonyl (C=O) groups is 2. The Labute approximate surface area is 153 Å². The van der Waals surface area contributed by atoms with Crippen molar-refractivity contribution in [1.82, 2.24) is 9.88 Å². The first kappa shape index (κ1) is 17.9. The molecule has 1 aromatic heterocycles. The number of anilines is 1. The quantitative estimate of drug-likeness (QED) is 0.851. The summed E-state index contributed by atoms with van der Waals surface area (Å²) >= 11 is 0. The minimum atomic E-state index is -0.538. The van der Waals surface area contributed by atoms with Gasteiger partial charge >= 0.3 is 0 Å². The molecule has 6 nitrogen and oxygen atoms in total. The van der Waals surface area contributed by atoms with Crippen molar-refractivity contribution in [3.8, 4) is 5.75 Å². The topological polar surface area (TPSA) is 62.7 Å². The van der Waals surface area contributed by atoms with Gasteiger partial charge < -0.3 is 14.5 Å². The molecule has 2 aromatic rings. The van der Waals surface area contributed by atoms with Crippen molar-refractivity contribution in [2.75, 3.05) is 25.1 Å². The van der Waals surface area contributed by atoms with Crippen LogP contribution in [0.5, 0.6) is 5.75 Å². The van der Waals surface area contributed by atoms with Gasteiger partial charge in [0, 0.05) is 17.9 Å². The van der Waals surface area contributed by atoms with Crippen LogP contribution in [0.25, 0.3) is 0 Å². The molecule has 0 unspecified atom stereocenters. The number of hydrogen-bond acceptors (Lipinski definition) is 4. The van der Waals surface area contributed by atoms with E-state index in [1.807, 2.05) is 51.1 Å². The number of carbonyl (C=O) groups excluding carboxylic acids is 2. The Morgan fingerprint density at radius 2 is 1.85 bits per heavy atom. The smallest absolute Gasteiger partial charge is 0.273 e. The first-order chi connectivity index (χ1) is 12.3. The molecule has 0 N–H and O–H groups in total. The summed E-state index contributed by atoms with van der Waals surface area (Å²) in [6.45, 7) is 6.22. The van der Waals surface area contributed by atoms with E-state index in [1.54, 1.807) is 29.0 Å². The van der Waals surface area contributed by atoms with Gasteiger partial charge in [0.2, 0.25) is 5.91 Å². The second kappa shape index (κ2) is 6.78. The number of aromatic nitrogens is 1. The highest BCUT2D eigenvalue weighted by atomic mass is 16.5. The molecule has 26 heavy (non-hydrogen) atoms. The highest BCUT2D eigenvalue weighted by Gasteiger charge is 2.41. The second-order valence-corrected chi connectivity index (χ2v) is 7.07. The van der Waals surface area contributed by atoms with Crippen LogP contribution in [0.15, 0.2) is 42.5 Å². The fraction of sp³-hybridized carbons (Fsp3) is 0.350. The summed E-state index contributed by atoms with van der Waals surface area (Å²) in [6.07, 6.45) is 0.